The molecule has 2 heterocycles. The van der Waals surface area contributed by atoms with Crippen LogP contribution in [0.5, 0.6) is 0 Å². The predicted octanol–water partition coefficient (Wildman–Crippen LogP) is 3.75. The molecule has 1 aliphatic rings. The number of likely N-dealkylation sites (tertiary alicyclic amines) is 1. The topological polar surface area (TPSA) is 45.2 Å². The number of fused-ring (bicyclic) bond motifs is 1. The molecule has 0 unspecified atom stereocenters. The van der Waals surface area contributed by atoms with Crippen LogP contribution in [0.25, 0.3) is 10.2 Å². The van der Waals surface area contributed by atoms with Crippen LogP contribution in [0.15, 0.2) is 54.6 Å². The minimum atomic E-state index is 0.0804. The first-order valence-electron chi connectivity index (χ1n) is 8.70. The average Bonchev–Trinajstić information content (AvgIpc) is 3.27. The fourth-order valence-electron chi connectivity index (χ4n) is 3.36. The van der Waals surface area contributed by atoms with Crippen molar-refractivity contribution >= 4 is 27.5 Å². The van der Waals surface area contributed by atoms with E-state index in [1.165, 1.54) is 4.70 Å². The minimum absolute atomic E-state index is 0.0804. The van der Waals surface area contributed by atoms with Gasteiger partial charge in [-0.15, -0.1) is 11.3 Å². The summed E-state index contributed by atoms with van der Waals surface area (Å²) in [6, 6.07) is 18.5. The second kappa shape index (κ2) is 7.33. The van der Waals surface area contributed by atoms with Gasteiger partial charge in [0.1, 0.15) is 5.01 Å². The quantitative estimate of drug-likeness (QED) is 0.761. The van der Waals surface area contributed by atoms with Crippen LogP contribution in [-0.4, -0.2) is 28.9 Å². The fourth-order valence-corrected chi connectivity index (χ4v) is 4.50. The number of thiazole rings is 1. The standard InChI is InChI=1S/C20H21N3OS/c24-19(21-13-15-7-2-1-3-8-15)14-23-12-6-10-17(23)20-22-16-9-4-5-11-18(16)25-20/h1-5,7-9,11,17H,6,10,12-14H2,(H,21,24)/t17-/m1/s1. The normalized spacial score (nSPS) is 17.8. The summed E-state index contributed by atoms with van der Waals surface area (Å²) in [6.07, 6.45) is 2.19. The van der Waals surface area contributed by atoms with Crippen molar-refractivity contribution in [3.63, 3.8) is 0 Å². The van der Waals surface area contributed by atoms with Gasteiger partial charge in [-0.25, -0.2) is 4.98 Å². The Hall–Kier alpha value is -2.24. The molecule has 4 rings (SSSR count). The molecule has 1 N–H and O–H groups in total. The second-order valence-electron chi connectivity index (χ2n) is 6.41. The summed E-state index contributed by atoms with van der Waals surface area (Å²) in [5.74, 6) is 0.0804. The molecule has 1 aliphatic heterocycles. The summed E-state index contributed by atoms with van der Waals surface area (Å²) < 4.78 is 1.22. The molecular formula is C20H21N3OS. The highest BCUT2D eigenvalue weighted by molar-refractivity contribution is 7.18. The zero-order valence-electron chi connectivity index (χ0n) is 14.0. The fraction of sp³-hybridized carbons (Fsp3) is 0.300. The SMILES string of the molecule is O=C(CN1CCC[C@@H]1c1nc2ccccc2s1)NCc1ccccc1. The molecule has 1 aromatic heterocycles. The molecule has 0 spiro atoms. The van der Waals surface area contributed by atoms with Gasteiger partial charge in [0, 0.05) is 6.54 Å². The van der Waals surface area contributed by atoms with Crippen LogP contribution >= 0.6 is 11.3 Å². The van der Waals surface area contributed by atoms with Gasteiger partial charge in [0.2, 0.25) is 5.91 Å². The van der Waals surface area contributed by atoms with Gasteiger partial charge >= 0.3 is 0 Å². The zero-order chi connectivity index (χ0) is 17.1. The largest absolute Gasteiger partial charge is 0.351 e. The molecule has 4 nitrogen and oxygen atoms in total. The Kier molecular flexibility index (Phi) is 4.76. The van der Waals surface area contributed by atoms with Gasteiger partial charge in [-0.1, -0.05) is 42.5 Å². The number of para-hydroxylation sites is 1. The van der Waals surface area contributed by atoms with Crippen LogP contribution in [0.4, 0.5) is 0 Å². The van der Waals surface area contributed by atoms with Gasteiger partial charge in [-0.05, 0) is 37.1 Å². The Bertz CT molecular complexity index is 829. The lowest BCUT2D eigenvalue weighted by Gasteiger charge is -2.22. The smallest absolute Gasteiger partial charge is 0.234 e. The molecule has 1 fully saturated rings. The molecule has 128 valence electrons. The number of carbonyl (C=O) groups is 1. The summed E-state index contributed by atoms with van der Waals surface area (Å²) in [6.45, 7) is 1.98. The van der Waals surface area contributed by atoms with E-state index in [4.69, 9.17) is 4.98 Å². The van der Waals surface area contributed by atoms with E-state index in [1.807, 2.05) is 42.5 Å². The molecule has 1 amide bonds. The first-order valence-corrected chi connectivity index (χ1v) is 9.51. The third kappa shape index (κ3) is 3.72. The number of nitrogens with one attached hydrogen (secondary N) is 1. The maximum Gasteiger partial charge on any atom is 0.234 e. The molecule has 0 saturated carbocycles. The number of aromatic nitrogens is 1. The number of rotatable bonds is 5. The Morgan fingerprint density at radius 3 is 2.80 bits per heavy atom. The summed E-state index contributed by atoms with van der Waals surface area (Å²) in [5.41, 5.74) is 2.18. The Balaban J connectivity index is 1.40. The van der Waals surface area contributed by atoms with Gasteiger partial charge in [0.15, 0.2) is 0 Å². The van der Waals surface area contributed by atoms with Gasteiger partial charge in [0.05, 0.1) is 22.8 Å². The molecule has 1 saturated heterocycles. The highest BCUT2D eigenvalue weighted by Crippen LogP contribution is 2.36. The third-order valence-electron chi connectivity index (χ3n) is 4.64. The lowest BCUT2D eigenvalue weighted by Crippen LogP contribution is -2.36. The number of amides is 1. The maximum atomic E-state index is 12.4. The van der Waals surface area contributed by atoms with Crippen molar-refractivity contribution < 1.29 is 4.79 Å². The summed E-state index contributed by atoms with van der Waals surface area (Å²) in [4.78, 5) is 19.4. The highest BCUT2D eigenvalue weighted by Gasteiger charge is 2.29. The second-order valence-corrected chi connectivity index (χ2v) is 7.47. The monoisotopic (exact) mass is 351 g/mol. The third-order valence-corrected chi connectivity index (χ3v) is 5.78. The van der Waals surface area contributed by atoms with Crippen molar-refractivity contribution in [3.8, 4) is 0 Å². The highest BCUT2D eigenvalue weighted by atomic mass is 32.1. The maximum absolute atomic E-state index is 12.4. The van der Waals surface area contributed by atoms with Crippen molar-refractivity contribution in [1.82, 2.24) is 15.2 Å². The number of hydrogen-bond acceptors (Lipinski definition) is 4. The molecule has 3 aromatic rings. The summed E-state index contributed by atoms with van der Waals surface area (Å²) in [7, 11) is 0. The molecule has 0 aliphatic carbocycles. The van der Waals surface area contributed by atoms with Crippen LogP contribution < -0.4 is 5.32 Å². The molecule has 25 heavy (non-hydrogen) atoms. The van der Waals surface area contributed by atoms with E-state index >= 15 is 0 Å². The van der Waals surface area contributed by atoms with E-state index < -0.39 is 0 Å². The molecular weight excluding hydrogens is 330 g/mol. The lowest BCUT2D eigenvalue weighted by atomic mass is 10.2. The van der Waals surface area contributed by atoms with Crippen molar-refractivity contribution in [2.45, 2.75) is 25.4 Å². The molecule has 2 aromatic carbocycles. The van der Waals surface area contributed by atoms with Crippen LogP contribution in [0, 0.1) is 0 Å². The van der Waals surface area contributed by atoms with Gasteiger partial charge in [-0.2, -0.15) is 0 Å². The number of carbonyl (C=O) groups excluding carboxylic acids is 1. The van der Waals surface area contributed by atoms with Crippen LogP contribution in [0.2, 0.25) is 0 Å². The van der Waals surface area contributed by atoms with E-state index in [0.717, 1.165) is 35.5 Å². The molecule has 5 heteroatoms. The lowest BCUT2D eigenvalue weighted by molar-refractivity contribution is -0.122. The van der Waals surface area contributed by atoms with Gasteiger partial charge < -0.3 is 5.32 Å². The zero-order valence-corrected chi connectivity index (χ0v) is 14.8. The van der Waals surface area contributed by atoms with E-state index in [1.54, 1.807) is 11.3 Å². The number of nitrogens with zero attached hydrogens (tertiary/aromatic N) is 2. The minimum Gasteiger partial charge on any atom is -0.351 e. The van der Waals surface area contributed by atoms with Crippen molar-refractivity contribution in [2.24, 2.45) is 0 Å². The summed E-state index contributed by atoms with van der Waals surface area (Å²) >= 11 is 1.75. The predicted molar refractivity (Wildman–Crippen MR) is 101 cm³/mol. The van der Waals surface area contributed by atoms with E-state index in [2.05, 4.69) is 22.3 Å². The van der Waals surface area contributed by atoms with Crippen molar-refractivity contribution in [1.29, 1.82) is 0 Å². The molecule has 1 atom stereocenters. The van der Waals surface area contributed by atoms with Gasteiger partial charge in [-0.3, -0.25) is 9.69 Å². The summed E-state index contributed by atoms with van der Waals surface area (Å²) in [5, 5.41) is 4.16. The molecule has 0 bridgehead atoms. The van der Waals surface area contributed by atoms with Crippen molar-refractivity contribution in [3.05, 3.63) is 65.2 Å². The first kappa shape index (κ1) is 16.2. The van der Waals surface area contributed by atoms with Crippen LogP contribution in [0.1, 0.15) is 29.5 Å². The molecule has 0 radical (unpaired) electrons. The Morgan fingerprint density at radius 2 is 1.96 bits per heavy atom. The average molecular weight is 351 g/mol. The number of hydrogen-bond donors (Lipinski definition) is 1. The van der Waals surface area contributed by atoms with Crippen LogP contribution in [-0.2, 0) is 11.3 Å². The van der Waals surface area contributed by atoms with E-state index in [0.29, 0.717) is 13.1 Å². The Morgan fingerprint density at radius 1 is 1.16 bits per heavy atom. The Labute approximate surface area is 151 Å². The van der Waals surface area contributed by atoms with E-state index in [-0.39, 0.29) is 11.9 Å². The van der Waals surface area contributed by atoms with Gasteiger partial charge in [0.25, 0.3) is 0 Å². The first-order chi connectivity index (χ1) is 12.3. The van der Waals surface area contributed by atoms with Crippen molar-refractivity contribution in [2.75, 3.05) is 13.1 Å². The van der Waals surface area contributed by atoms with E-state index in [9.17, 15) is 4.79 Å². The number of benzene rings is 2. The van der Waals surface area contributed by atoms with Crippen LogP contribution in [0.3, 0.4) is 0 Å².